The van der Waals surface area contributed by atoms with E-state index in [4.69, 9.17) is 0 Å². The summed E-state index contributed by atoms with van der Waals surface area (Å²) in [6.45, 7) is 3.39. The monoisotopic (exact) mass is 246 g/mol. The van der Waals surface area contributed by atoms with Crippen LogP contribution in [0.2, 0.25) is 0 Å². The highest BCUT2D eigenvalue weighted by Crippen LogP contribution is 2.05. The Balaban J connectivity index is 3.21. The predicted octanol–water partition coefficient (Wildman–Crippen LogP) is 2.66. The lowest BCUT2D eigenvalue weighted by atomic mass is 10.1. The third-order valence-corrected chi connectivity index (χ3v) is 2.38. The zero-order valence-corrected chi connectivity index (χ0v) is 9.31. The Bertz CT molecular complexity index is 187. The zero-order chi connectivity index (χ0) is 10.1. The van der Waals surface area contributed by atoms with Gasteiger partial charge >= 0.3 is 0 Å². The van der Waals surface area contributed by atoms with Crippen LogP contribution in [0.25, 0.3) is 0 Å². The van der Waals surface area contributed by atoms with Crippen LogP contribution in [0.15, 0.2) is 12.7 Å². The predicted molar refractivity (Wildman–Crippen MR) is 57.1 cm³/mol. The lowest BCUT2D eigenvalue weighted by Gasteiger charge is -1.97. The van der Waals surface area contributed by atoms with Gasteiger partial charge in [0.15, 0.2) is 5.78 Å². The fraction of sp³-hybridized carbons (Fsp3) is 0.600. The van der Waals surface area contributed by atoms with Crippen LogP contribution in [0.4, 0.5) is 0 Å². The van der Waals surface area contributed by atoms with Gasteiger partial charge in [-0.05, 0) is 18.9 Å². The smallest absolute Gasteiger partial charge is 0.155 e. The minimum Gasteiger partial charge on any atom is -0.299 e. The van der Waals surface area contributed by atoms with Gasteiger partial charge in [0, 0.05) is 12.8 Å². The molecule has 13 heavy (non-hydrogen) atoms. The van der Waals surface area contributed by atoms with Gasteiger partial charge < -0.3 is 0 Å². The van der Waals surface area contributed by atoms with Crippen molar-refractivity contribution in [2.75, 3.05) is 5.33 Å². The van der Waals surface area contributed by atoms with Crippen molar-refractivity contribution in [2.24, 2.45) is 0 Å². The fourth-order valence-corrected chi connectivity index (χ4v) is 1.25. The lowest BCUT2D eigenvalue weighted by molar-refractivity contribution is -0.116. The Labute approximate surface area is 87.5 Å². The minimum absolute atomic E-state index is 0.0896. The van der Waals surface area contributed by atoms with Crippen molar-refractivity contribution >= 4 is 27.5 Å². The fourth-order valence-electron chi connectivity index (χ4n) is 0.967. The standard InChI is InChI=1S/C10H15BrO2/c1-2-9(12)6-4-3-5-7-10(13)8-11/h2H,1,3-8H2. The zero-order valence-electron chi connectivity index (χ0n) is 7.72. The third kappa shape index (κ3) is 7.91. The number of allylic oxidation sites excluding steroid dienone is 1. The molecule has 0 aliphatic rings. The second-order valence-electron chi connectivity index (χ2n) is 2.90. The van der Waals surface area contributed by atoms with Gasteiger partial charge in [-0.1, -0.05) is 28.9 Å². The molecule has 0 aromatic carbocycles. The summed E-state index contributed by atoms with van der Waals surface area (Å²) in [5.74, 6) is 0.321. The van der Waals surface area contributed by atoms with E-state index in [0.29, 0.717) is 18.2 Å². The maximum Gasteiger partial charge on any atom is 0.155 e. The van der Waals surface area contributed by atoms with E-state index in [-0.39, 0.29) is 11.6 Å². The molecule has 0 unspecified atom stereocenters. The molecule has 0 fully saturated rings. The molecule has 74 valence electrons. The maximum absolute atomic E-state index is 10.8. The van der Waals surface area contributed by atoms with Crippen LogP contribution in [0.1, 0.15) is 32.1 Å². The number of rotatable bonds is 8. The van der Waals surface area contributed by atoms with Gasteiger partial charge in [-0.3, -0.25) is 9.59 Å². The molecule has 3 heteroatoms. The number of carbonyl (C=O) groups is 2. The molecule has 0 radical (unpaired) electrons. The van der Waals surface area contributed by atoms with Crippen LogP contribution in [0.5, 0.6) is 0 Å². The second kappa shape index (κ2) is 8.17. The number of ketones is 2. The maximum atomic E-state index is 10.8. The van der Waals surface area contributed by atoms with Gasteiger partial charge in [0.1, 0.15) is 5.78 Å². The molecule has 0 aliphatic heterocycles. The van der Waals surface area contributed by atoms with Crippen molar-refractivity contribution in [3.63, 3.8) is 0 Å². The van der Waals surface area contributed by atoms with E-state index in [1.807, 2.05) is 0 Å². The van der Waals surface area contributed by atoms with Gasteiger partial charge in [0.05, 0.1) is 5.33 Å². The van der Waals surface area contributed by atoms with Crippen LogP contribution in [0.3, 0.4) is 0 Å². The first kappa shape index (κ1) is 12.6. The number of unbranched alkanes of at least 4 members (excludes halogenated alkanes) is 2. The van der Waals surface area contributed by atoms with Crippen LogP contribution in [-0.4, -0.2) is 16.9 Å². The molecule has 0 saturated carbocycles. The first-order chi connectivity index (χ1) is 6.20. The van der Waals surface area contributed by atoms with Gasteiger partial charge in [-0.25, -0.2) is 0 Å². The summed E-state index contributed by atoms with van der Waals surface area (Å²) in [4.78, 5) is 21.6. The average Bonchev–Trinajstić information content (AvgIpc) is 2.16. The molecule has 0 rings (SSSR count). The molecule has 0 atom stereocenters. The highest BCUT2D eigenvalue weighted by Gasteiger charge is 1.99. The van der Waals surface area contributed by atoms with Crippen molar-refractivity contribution < 1.29 is 9.59 Å². The first-order valence-corrected chi connectivity index (χ1v) is 5.55. The number of hydrogen-bond acceptors (Lipinski definition) is 2. The van der Waals surface area contributed by atoms with Crippen LogP contribution in [0, 0.1) is 0 Å². The number of halogens is 1. The molecule has 0 aromatic heterocycles. The molecule has 0 aromatic rings. The highest BCUT2D eigenvalue weighted by molar-refractivity contribution is 9.09. The van der Waals surface area contributed by atoms with Crippen molar-refractivity contribution in [3.8, 4) is 0 Å². The number of carbonyl (C=O) groups excluding carboxylic acids is 2. The van der Waals surface area contributed by atoms with Crippen molar-refractivity contribution in [1.29, 1.82) is 0 Å². The lowest BCUT2D eigenvalue weighted by Crippen LogP contribution is -1.98. The Hall–Kier alpha value is -0.440. The summed E-state index contributed by atoms with van der Waals surface area (Å²) in [6, 6.07) is 0. The van der Waals surface area contributed by atoms with Gasteiger partial charge in [-0.2, -0.15) is 0 Å². The molecule has 0 spiro atoms. The van der Waals surface area contributed by atoms with E-state index in [1.54, 1.807) is 0 Å². The molecule has 2 nitrogen and oxygen atoms in total. The van der Waals surface area contributed by atoms with E-state index in [1.165, 1.54) is 6.08 Å². The molecule has 0 heterocycles. The number of Topliss-reactive ketones (excluding diaryl/α,β-unsaturated/α-hetero) is 1. The van der Waals surface area contributed by atoms with Crippen LogP contribution >= 0.6 is 15.9 Å². The minimum atomic E-state index is 0.0896. The van der Waals surface area contributed by atoms with Crippen molar-refractivity contribution in [3.05, 3.63) is 12.7 Å². The molecule has 0 amide bonds. The average molecular weight is 247 g/mol. The normalized spacial score (nSPS) is 9.62. The van der Waals surface area contributed by atoms with E-state index >= 15 is 0 Å². The molecule has 0 saturated heterocycles. The van der Waals surface area contributed by atoms with E-state index in [9.17, 15) is 9.59 Å². The van der Waals surface area contributed by atoms with Crippen molar-refractivity contribution in [2.45, 2.75) is 32.1 Å². The highest BCUT2D eigenvalue weighted by atomic mass is 79.9. The summed E-state index contributed by atoms with van der Waals surface area (Å²) in [7, 11) is 0. The summed E-state index contributed by atoms with van der Waals surface area (Å²) in [5.41, 5.74) is 0. The number of hydrogen-bond donors (Lipinski definition) is 0. The molecular weight excluding hydrogens is 232 g/mol. The summed E-state index contributed by atoms with van der Waals surface area (Å²) < 4.78 is 0. The summed E-state index contributed by atoms with van der Waals surface area (Å²) in [6.07, 6.45) is 5.22. The second-order valence-corrected chi connectivity index (χ2v) is 3.46. The van der Waals surface area contributed by atoms with E-state index < -0.39 is 0 Å². The van der Waals surface area contributed by atoms with Gasteiger partial charge in [0.25, 0.3) is 0 Å². The summed E-state index contributed by atoms with van der Waals surface area (Å²) >= 11 is 3.10. The Morgan fingerprint density at radius 3 is 2.31 bits per heavy atom. The van der Waals surface area contributed by atoms with Crippen LogP contribution < -0.4 is 0 Å². The molecule has 0 N–H and O–H groups in total. The van der Waals surface area contributed by atoms with Gasteiger partial charge in [0.2, 0.25) is 0 Å². The largest absolute Gasteiger partial charge is 0.299 e. The Morgan fingerprint density at radius 1 is 1.15 bits per heavy atom. The summed E-state index contributed by atoms with van der Waals surface area (Å²) in [5, 5.41) is 0.443. The first-order valence-electron chi connectivity index (χ1n) is 4.43. The quantitative estimate of drug-likeness (QED) is 0.375. The molecular formula is C10H15BrO2. The van der Waals surface area contributed by atoms with Crippen molar-refractivity contribution in [1.82, 2.24) is 0 Å². The molecule has 0 aliphatic carbocycles. The van der Waals surface area contributed by atoms with E-state index in [0.717, 1.165) is 19.3 Å². The Kier molecular flexibility index (Phi) is 7.90. The number of alkyl halides is 1. The van der Waals surface area contributed by atoms with E-state index in [2.05, 4.69) is 22.5 Å². The van der Waals surface area contributed by atoms with Gasteiger partial charge in [-0.15, -0.1) is 0 Å². The van der Waals surface area contributed by atoms with Crippen LogP contribution in [-0.2, 0) is 9.59 Å². The molecule has 0 bridgehead atoms. The SMILES string of the molecule is C=CC(=O)CCCCCC(=O)CBr. The Morgan fingerprint density at radius 2 is 1.77 bits per heavy atom. The third-order valence-electron chi connectivity index (χ3n) is 1.76. The topological polar surface area (TPSA) is 34.1 Å².